The number of carbonyl (C=O) groups excluding carboxylic acids is 8. The molecular formula is C96H149N3O18. The fourth-order valence-electron chi connectivity index (χ4n) is 18.6. The van der Waals surface area contributed by atoms with E-state index in [4.69, 9.17) is 28.4 Å². The Labute approximate surface area is 700 Å². The monoisotopic (exact) mass is 1630 g/mol. The lowest BCUT2D eigenvalue weighted by atomic mass is 9.79. The Morgan fingerprint density at radius 3 is 1.37 bits per heavy atom. The molecule has 21 nitrogen and oxygen atoms in total. The van der Waals surface area contributed by atoms with Gasteiger partial charge in [0.05, 0.1) is 30.8 Å². The van der Waals surface area contributed by atoms with Crippen LogP contribution in [0.1, 0.15) is 266 Å². The first-order valence-electron chi connectivity index (χ1n) is 44.7. The minimum Gasteiger partial charge on any atom is -0.460 e. The highest BCUT2D eigenvalue weighted by Crippen LogP contribution is 2.43. The summed E-state index contributed by atoms with van der Waals surface area (Å²) >= 11 is 0. The van der Waals surface area contributed by atoms with E-state index in [1.54, 1.807) is 18.7 Å². The van der Waals surface area contributed by atoms with Crippen molar-refractivity contribution in [1.82, 2.24) is 14.7 Å². The van der Waals surface area contributed by atoms with E-state index < -0.39 is 101 Å². The second-order valence-corrected chi connectivity index (χ2v) is 37.6. The molecule has 6 heterocycles. The highest BCUT2D eigenvalue weighted by atomic mass is 16.7. The topological polar surface area (TPSA) is 283 Å². The zero-order chi connectivity index (χ0) is 86.7. The number of ether oxygens (including phenoxy) is 6. The molecule has 1 aliphatic carbocycles. The van der Waals surface area contributed by atoms with Crippen LogP contribution < -0.4 is 0 Å². The third-order valence-electron chi connectivity index (χ3n) is 25.9. The number of piperidine rings is 2. The van der Waals surface area contributed by atoms with Crippen molar-refractivity contribution in [1.29, 1.82) is 0 Å². The predicted octanol–water partition coefficient (Wildman–Crippen LogP) is 15.7. The first-order valence-corrected chi connectivity index (χ1v) is 44.7. The average molecular weight is 1630 g/mol. The summed E-state index contributed by atoms with van der Waals surface area (Å²) in [5.74, 6) is -11.1. The SMILES string of the molecule is CC(=C\C1C=CC(C)C(O)C1)/C=C(\C)[C@@H](OC(=O)[C@@H]1CCCCN1C(=O)C[C@]1(O)OC(C(C)C)C(C)C[C@H]1C)C(C)C.CC[C@H](Cc1ccccc1)[C@@H](OC(=O)[C@@H]1CCCCN1C(=O)C1(O)OC(C(C)C)CC[C@@H](C)C1=O)C(C)C.CC[C@H](Cc1ccccc1)[C@@H](OC(=O)[C@@H]1CCCN1C(=O)C1(O)OC(C(C)C)CC[C@@H](C)C1=O)C(C)C. The molecule has 656 valence electrons. The van der Waals surface area contributed by atoms with Gasteiger partial charge >= 0.3 is 29.5 Å². The van der Waals surface area contributed by atoms with Gasteiger partial charge in [0.1, 0.15) is 36.4 Å². The molecular weight excluding hydrogens is 1480 g/mol. The molecule has 0 spiro atoms. The van der Waals surface area contributed by atoms with Crippen molar-refractivity contribution in [2.45, 2.75) is 346 Å². The van der Waals surface area contributed by atoms with E-state index >= 15 is 0 Å². The Balaban J connectivity index is 0.000000243. The number of hydrogen-bond donors (Lipinski definition) is 4. The summed E-state index contributed by atoms with van der Waals surface area (Å²) in [6.45, 7) is 42.9. The molecule has 6 saturated heterocycles. The van der Waals surface area contributed by atoms with Crippen molar-refractivity contribution < 1.29 is 87.2 Å². The van der Waals surface area contributed by atoms with Crippen LogP contribution in [0.3, 0.4) is 0 Å². The summed E-state index contributed by atoms with van der Waals surface area (Å²) in [6.07, 6.45) is 18.0. The van der Waals surface area contributed by atoms with Crippen LogP contribution in [-0.4, -0.2) is 180 Å². The molecule has 9 unspecified atom stereocenters. The van der Waals surface area contributed by atoms with Crippen LogP contribution in [0.4, 0.5) is 0 Å². The number of carbonyl (C=O) groups is 8. The van der Waals surface area contributed by atoms with Crippen molar-refractivity contribution >= 4 is 47.2 Å². The Morgan fingerprint density at radius 1 is 0.521 bits per heavy atom. The maximum atomic E-state index is 13.8. The van der Waals surface area contributed by atoms with Gasteiger partial charge in [0.15, 0.2) is 5.79 Å². The molecule has 2 aromatic rings. The summed E-state index contributed by atoms with van der Waals surface area (Å²) in [7, 11) is 0. The zero-order valence-corrected chi connectivity index (χ0v) is 74.8. The number of amides is 3. The van der Waals surface area contributed by atoms with Gasteiger partial charge < -0.3 is 63.5 Å². The summed E-state index contributed by atoms with van der Waals surface area (Å²) < 4.78 is 36.4. The Hall–Kier alpha value is -6.46. The van der Waals surface area contributed by atoms with Crippen LogP contribution in [0.2, 0.25) is 0 Å². The van der Waals surface area contributed by atoms with Gasteiger partial charge in [-0.3, -0.25) is 24.0 Å². The molecule has 9 rings (SSSR count). The Morgan fingerprint density at radius 2 is 0.949 bits per heavy atom. The minimum absolute atomic E-state index is 0.0249. The maximum absolute atomic E-state index is 13.8. The van der Waals surface area contributed by atoms with E-state index in [2.05, 4.69) is 83.2 Å². The molecule has 7 aliphatic rings. The lowest BCUT2D eigenvalue weighted by molar-refractivity contribution is -0.300. The summed E-state index contributed by atoms with van der Waals surface area (Å²) in [4.78, 5) is 113. The van der Waals surface area contributed by atoms with Crippen molar-refractivity contribution in [2.75, 3.05) is 19.6 Å². The summed E-state index contributed by atoms with van der Waals surface area (Å²) in [5.41, 5.74) is 4.38. The quantitative estimate of drug-likeness (QED) is 0.0213. The van der Waals surface area contributed by atoms with Crippen LogP contribution >= 0.6 is 0 Å². The van der Waals surface area contributed by atoms with Crippen LogP contribution in [0.5, 0.6) is 0 Å². The highest BCUT2D eigenvalue weighted by Gasteiger charge is 2.58. The summed E-state index contributed by atoms with van der Waals surface area (Å²) in [6, 6.07) is 17.9. The van der Waals surface area contributed by atoms with Gasteiger partial charge in [-0.05, 0) is 211 Å². The summed E-state index contributed by atoms with van der Waals surface area (Å²) in [5, 5.41) is 44.6. The van der Waals surface area contributed by atoms with Gasteiger partial charge in [-0.15, -0.1) is 0 Å². The highest BCUT2D eigenvalue weighted by molar-refractivity contribution is 6.10. The first kappa shape index (κ1) is 97.7. The Kier molecular flexibility index (Phi) is 37.0. The van der Waals surface area contributed by atoms with Crippen LogP contribution in [-0.2, 0) is 79.6 Å². The molecule has 117 heavy (non-hydrogen) atoms. The molecule has 21 atom stereocenters. The molecule has 3 amide bonds. The first-order chi connectivity index (χ1) is 55.1. The lowest BCUT2D eigenvalue weighted by Crippen LogP contribution is -2.62. The van der Waals surface area contributed by atoms with E-state index in [1.807, 2.05) is 133 Å². The second kappa shape index (κ2) is 44.4. The fraction of sp³-hybridized carbons (Fsp3) is 0.729. The molecule has 6 fully saturated rings. The van der Waals surface area contributed by atoms with Crippen molar-refractivity contribution in [3.05, 3.63) is 107 Å². The predicted molar refractivity (Wildman–Crippen MR) is 454 cm³/mol. The van der Waals surface area contributed by atoms with Crippen LogP contribution in [0.15, 0.2) is 96.1 Å². The number of nitrogens with zero attached hydrogens (tertiary/aromatic N) is 3. The molecule has 4 N–H and O–H groups in total. The number of esters is 3. The number of allylic oxidation sites excluding steroid dienone is 4. The van der Waals surface area contributed by atoms with Gasteiger partial charge in [0.25, 0.3) is 11.8 Å². The zero-order valence-electron chi connectivity index (χ0n) is 74.8. The number of ketones is 2. The maximum Gasteiger partial charge on any atom is 0.329 e. The van der Waals surface area contributed by atoms with Crippen LogP contribution in [0, 0.1) is 82.9 Å². The standard InChI is InChI=1S/C35H57NO6.C31H47NO6.C30H45NO6/c1-21(2)32(25(7)16-23(5)17-28-14-13-24(6)30(37)19-28)41-34(39)29-12-10-11-15-36(29)31(38)20-35(40)27(9)18-26(8)33(42-35)22(3)4;1-7-24(19-23-13-9-8-10-14-23)27(21(4)5)37-29(34)25-15-11-12-18-32(25)30(35)31(36)28(33)22(6)16-17-26(38-31)20(2)3;1-7-23(18-22-12-9-8-10-13-22)26(20(4)5)36-28(33)24-14-11-17-31(24)29(34)30(35)27(32)21(6)15-16-25(37-30)19(2)3/h13-14,16-17,21-22,24,26-30,32-33,37,40H,10-12,15,18-20H2,1-9H3;8-10,13-14,20-22,24-27,36H,7,11-12,15-19H2,1-6H3;8-10,12-13,19-21,23-26,35H,7,11,14-18H2,1-6H3/b23-17+,25-16+;;/t24?,26?,27-,28?,29+,30?,32+,33?,35+;22-,24-,25+,26?,27+,31?;21-,23-,24+,25?,26+,30?/m111/s1. The minimum atomic E-state index is -2.59. The average Bonchev–Trinajstić information content (AvgIpc) is 1.77. The van der Waals surface area contributed by atoms with Crippen molar-refractivity contribution in [2.24, 2.45) is 82.9 Å². The molecule has 0 bridgehead atoms. The normalized spacial score (nSPS) is 30.8. The van der Waals surface area contributed by atoms with Crippen molar-refractivity contribution in [3.63, 3.8) is 0 Å². The van der Waals surface area contributed by atoms with Gasteiger partial charge in [0.2, 0.25) is 17.5 Å². The third-order valence-corrected chi connectivity index (χ3v) is 25.9. The fourth-order valence-corrected chi connectivity index (χ4v) is 18.6. The molecule has 6 aliphatic heterocycles. The van der Waals surface area contributed by atoms with E-state index in [0.29, 0.717) is 76.7 Å². The number of aliphatic hydroxyl groups excluding tert-OH is 1. The molecule has 2 aromatic carbocycles. The largest absolute Gasteiger partial charge is 0.460 e. The molecule has 0 radical (unpaired) electrons. The molecule has 21 heteroatoms. The van der Waals surface area contributed by atoms with E-state index in [1.165, 1.54) is 20.9 Å². The van der Waals surface area contributed by atoms with E-state index in [0.717, 1.165) is 62.5 Å². The Bertz CT molecular complexity index is 3650. The number of Topliss-reactive ketones (excluding diaryl/α,β-unsaturated/α-hetero) is 2. The lowest BCUT2D eigenvalue weighted by Gasteiger charge is -2.47. The van der Waals surface area contributed by atoms with E-state index in [-0.39, 0.29) is 121 Å². The van der Waals surface area contributed by atoms with E-state index in [9.17, 15) is 58.8 Å². The second-order valence-electron chi connectivity index (χ2n) is 37.6. The van der Waals surface area contributed by atoms with Crippen LogP contribution in [0.25, 0.3) is 0 Å². The number of aliphatic hydroxyl groups is 4. The smallest absolute Gasteiger partial charge is 0.329 e. The third kappa shape index (κ3) is 25.6. The van der Waals surface area contributed by atoms with Gasteiger partial charge in [-0.2, -0.15) is 0 Å². The number of likely N-dealkylation sites (tertiary alicyclic amines) is 3. The number of rotatable bonds is 27. The van der Waals surface area contributed by atoms with Gasteiger partial charge in [0, 0.05) is 37.4 Å². The van der Waals surface area contributed by atoms with Crippen molar-refractivity contribution in [3.8, 4) is 0 Å². The van der Waals surface area contributed by atoms with Gasteiger partial charge in [-0.25, -0.2) is 14.4 Å². The molecule has 0 saturated carbocycles. The number of hydrogen-bond acceptors (Lipinski definition) is 18. The molecule has 0 aromatic heterocycles. The number of benzene rings is 2. The van der Waals surface area contributed by atoms with Gasteiger partial charge in [-0.1, -0.05) is 222 Å².